The number of hydrogen-bond donors (Lipinski definition) is 2. The SMILES string of the molecule is CCc1cc([C@@H](C)Nc2ccc(Cl)nc2C(=O)O)c2nc3n(c(=O)c2c1)CC[C@]31CCC(F)(F)C1. The summed E-state index contributed by atoms with van der Waals surface area (Å²) in [6, 6.07) is 6.32. The molecule has 3 heterocycles. The fourth-order valence-corrected chi connectivity index (χ4v) is 5.67. The topological polar surface area (TPSA) is 97.1 Å². The number of anilines is 1. The van der Waals surface area contributed by atoms with Crippen molar-refractivity contribution in [2.75, 3.05) is 5.32 Å². The van der Waals surface area contributed by atoms with E-state index in [4.69, 9.17) is 16.6 Å². The Morgan fingerprint density at radius 1 is 1.26 bits per heavy atom. The summed E-state index contributed by atoms with van der Waals surface area (Å²) in [5.74, 6) is -3.56. The van der Waals surface area contributed by atoms with Crippen LogP contribution in [0.4, 0.5) is 14.5 Å². The molecular weight excluding hydrogens is 478 g/mol. The van der Waals surface area contributed by atoms with Gasteiger partial charge in [0, 0.05) is 30.4 Å². The van der Waals surface area contributed by atoms with Crippen molar-refractivity contribution < 1.29 is 18.7 Å². The quantitative estimate of drug-likeness (QED) is 0.457. The minimum absolute atomic E-state index is 0.0583. The Labute approximate surface area is 205 Å². The molecule has 184 valence electrons. The summed E-state index contributed by atoms with van der Waals surface area (Å²) in [5, 5.41) is 13.2. The highest BCUT2D eigenvalue weighted by Crippen LogP contribution is 2.52. The molecule has 2 aromatic heterocycles. The Bertz CT molecular complexity index is 1420. The molecule has 5 rings (SSSR count). The van der Waals surface area contributed by atoms with Crippen LogP contribution in [0.2, 0.25) is 5.15 Å². The monoisotopic (exact) mass is 502 g/mol. The number of fused-ring (bicyclic) bond motifs is 3. The van der Waals surface area contributed by atoms with Gasteiger partial charge < -0.3 is 10.4 Å². The molecule has 1 aliphatic carbocycles. The number of alkyl halides is 2. The number of aromatic nitrogens is 3. The molecule has 0 unspecified atom stereocenters. The summed E-state index contributed by atoms with van der Waals surface area (Å²) in [6.07, 6.45) is 0.945. The smallest absolute Gasteiger partial charge is 0.356 e. The van der Waals surface area contributed by atoms with Gasteiger partial charge in [0.15, 0.2) is 5.69 Å². The number of aryl methyl sites for hydroxylation is 1. The second-order valence-electron chi connectivity index (χ2n) is 9.59. The fourth-order valence-electron chi connectivity index (χ4n) is 5.52. The van der Waals surface area contributed by atoms with E-state index in [2.05, 4.69) is 10.3 Å². The molecular formula is C25H25ClF2N4O3. The molecule has 2 N–H and O–H groups in total. The molecule has 7 nitrogen and oxygen atoms in total. The van der Waals surface area contributed by atoms with Gasteiger partial charge in [0.1, 0.15) is 11.0 Å². The average molecular weight is 503 g/mol. The van der Waals surface area contributed by atoms with Crippen LogP contribution < -0.4 is 10.9 Å². The molecule has 1 aromatic carbocycles. The van der Waals surface area contributed by atoms with Crippen molar-refractivity contribution >= 4 is 34.2 Å². The van der Waals surface area contributed by atoms with Crippen LogP contribution in [0.1, 0.15) is 73.0 Å². The number of pyridine rings is 1. The average Bonchev–Trinajstić information content (AvgIpc) is 3.33. The summed E-state index contributed by atoms with van der Waals surface area (Å²) in [7, 11) is 0. The number of carboxylic acids is 1. The van der Waals surface area contributed by atoms with Gasteiger partial charge >= 0.3 is 5.97 Å². The minimum Gasteiger partial charge on any atom is -0.476 e. The molecule has 1 saturated carbocycles. The van der Waals surface area contributed by atoms with E-state index in [1.165, 1.54) is 12.1 Å². The maximum atomic E-state index is 14.2. The predicted octanol–water partition coefficient (Wildman–Crippen LogP) is 5.34. The van der Waals surface area contributed by atoms with Gasteiger partial charge in [0.2, 0.25) is 5.92 Å². The number of rotatable bonds is 5. The van der Waals surface area contributed by atoms with Crippen molar-refractivity contribution in [3.8, 4) is 0 Å². The lowest BCUT2D eigenvalue weighted by atomic mass is 9.84. The molecule has 35 heavy (non-hydrogen) atoms. The highest BCUT2D eigenvalue weighted by Gasteiger charge is 2.54. The van der Waals surface area contributed by atoms with Gasteiger partial charge in [0.05, 0.1) is 22.6 Å². The second-order valence-corrected chi connectivity index (χ2v) is 9.98. The lowest BCUT2D eigenvalue weighted by Crippen LogP contribution is -2.28. The van der Waals surface area contributed by atoms with Gasteiger partial charge in [-0.25, -0.2) is 23.5 Å². The van der Waals surface area contributed by atoms with Crippen molar-refractivity contribution in [3.63, 3.8) is 0 Å². The highest BCUT2D eigenvalue weighted by atomic mass is 35.5. The van der Waals surface area contributed by atoms with E-state index >= 15 is 0 Å². The Morgan fingerprint density at radius 3 is 2.69 bits per heavy atom. The Morgan fingerprint density at radius 2 is 2.03 bits per heavy atom. The van der Waals surface area contributed by atoms with Crippen LogP contribution in [0.15, 0.2) is 29.1 Å². The molecule has 2 aliphatic rings. The molecule has 3 aromatic rings. The third kappa shape index (κ3) is 3.95. The van der Waals surface area contributed by atoms with Gasteiger partial charge in [-0.1, -0.05) is 24.6 Å². The molecule has 0 radical (unpaired) electrons. The number of hydrogen-bond acceptors (Lipinski definition) is 5. The Kier molecular flexibility index (Phi) is 5.58. The number of halogens is 3. The van der Waals surface area contributed by atoms with Gasteiger partial charge in [-0.3, -0.25) is 9.36 Å². The minimum atomic E-state index is -2.76. The summed E-state index contributed by atoms with van der Waals surface area (Å²) < 4.78 is 30.0. The van der Waals surface area contributed by atoms with Gasteiger partial charge in [-0.2, -0.15) is 0 Å². The lowest BCUT2D eigenvalue weighted by molar-refractivity contribution is 0.00241. The normalized spacial score (nSPS) is 21.4. The third-order valence-corrected chi connectivity index (χ3v) is 7.52. The predicted molar refractivity (Wildman–Crippen MR) is 129 cm³/mol. The van der Waals surface area contributed by atoms with Crippen molar-refractivity contribution in [1.82, 2.24) is 14.5 Å². The van der Waals surface area contributed by atoms with Crippen LogP contribution in [0.5, 0.6) is 0 Å². The summed E-state index contributed by atoms with van der Waals surface area (Å²) in [6.45, 7) is 4.19. The van der Waals surface area contributed by atoms with E-state index in [0.717, 1.165) is 5.56 Å². The van der Waals surface area contributed by atoms with E-state index in [0.29, 0.717) is 48.1 Å². The third-order valence-electron chi connectivity index (χ3n) is 7.31. The largest absolute Gasteiger partial charge is 0.476 e. The van der Waals surface area contributed by atoms with Crippen molar-refractivity contribution in [2.24, 2.45) is 0 Å². The van der Waals surface area contributed by atoms with Crippen LogP contribution in [-0.4, -0.2) is 31.5 Å². The van der Waals surface area contributed by atoms with E-state index < -0.39 is 23.3 Å². The van der Waals surface area contributed by atoms with E-state index in [1.54, 1.807) is 4.57 Å². The molecule has 0 saturated heterocycles. The number of carbonyl (C=O) groups is 1. The molecule has 1 aliphatic heterocycles. The fraction of sp³-hybridized carbons (Fsp3) is 0.440. The van der Waals surface area contributed by atoms with Crippen molar-refractivity contribution in [1.29, 1.82) is 0 Å². The number of carboxylic acid groups (broad SMARTS) is 1. The van der Waals surface area contributed by atoms with Crippen LogP contribution in [0, 0.1) is 0 Å². The van der Waals surface area contributed by atoms with E-state index in [9.17, 15) is 23.5 Å². The first kappa shape index (κ1) is 23.7. The number of nitrogens with one attached hydrogen (secondary N) is 1. The van der Waals surface area contributed by atoms with Gasteiger partial charge in [0.25, 0.3) is 5.56 Å². The van der Waals surface area contributed by atoms with Crippen molar-refractivity contribution in [2.45, 2.75) is 69.9 Å². The molecule has 0 bridgehead atoms. The highest BCUT2D eigenvalue weighted by molar-refractivity contribution is 6.29. The second kappa shape index (κ2) is 8.26. The van der Waals surface area contributed by atoms with Gasteiger partial charge in [-0.15, -0.1) is 0 Å². The number of nitrogens with zero attached hydrogens (tertiary/aromatic N) is 3. The first-order chi connectivity index (χ1) is 16.5. The lowest BCUT2D eigenvalue weighted by Gasteiger charge is -2.24. The molecule has 1 spiro atoms. The van der Waals surface area contributed by atoms with Crippen LogP contribution in [0.25, 0.3) is 10.9 Å². The van der Waals surface area contributed by atoms with Crippen LogP contribution >= 0.6 is 11.6 Å². The zero-order valence-corrected chi connectivity index (χ0v) is 20.1. The van der Waals surface area contributed by atoms with E-state index in [1.807, 2.05) is 26.0 Å². The summed E-state index contributed by atoms with van der Waals surface area (Å²) in [5.41, 5.74) is 1.10. The molecule has 10 heteroatoms. The first-order valence-corrected chi connectivity index (χ1v) is 12.0. The Hall–Kier alpha value is -3.07. The molecule has 2 atom stereocenters. The van der Waals surface area contributed by atoms with Crippen molar-refractivity contribution in [3.05, 3.63) is 62.4 Å². The number of aromatic carboxylic acids is 1. The zero-order chi connectivity index (χ0) is 25.1. The van der Waals surface area contributed by atoms with Gasteiger partial charge in [-0.05, 0) is 49.9 Å². The maximum Gasteiger partial charge on any atom is 0.356 e. The summed E-state index contributed by atoms with van der Waals surface area (Å²) in [4.78, 5) is 34.0. The molecule has 0 amide bonds. The zero-order valence-electron chi connectivity index (χ0n) is 19.4. The maximum absolute atomic E-state index is 14.2. The Balaban J connectivity index is 1.66. The van der Waals surface area contributed by atoms with Crippen LogP contribution in [0.3, 0.4) is 0 Å². The molecule has 1 fully saturated rings. The number of benzene rings is 1. The van der Waals surface area contributed by atoms with Crippen LogP contribution in [-0.2, 0) is 18.4 Å². The van der Waals surface area contributed by atoms with E-state index in [-0.39, 0.29) is 34.9 Å². The summed E-state index contributed by atoms with van der Waals surface area (Å²) >= 11 is 5.88. The first-order valence-electron chi connectivity index (χ1n) is 11.7. The standard InChI is InChI=1S/C25H25ClF2N4O3/c1-3-14-10-15(13(2)29-17-4-5-18(26)30-20(17)22(34)35)19-16(11-14)21(33)32-9-8-24(23(32)31-19)6-7-25(27,28)12-24/h4-5,10-11,13,29H,3,6-9,12H2,1-2H3,(H,34,35)/t13-,24+/m1/s1.